The highest BCUT2D eigenvalue weighted by Crippen LogP contribution is 2.34. The molecule has 5 rings (SSSR count). The second kappa shape index (κ2) is 11.4. The standard InChI is InChI=1S/C27H36ClN7O3/c1-5-25(36)34-11-12-35(18(2)13-34)26-20-14-33(16-23-21(28)8-9-24(29-23)37-4)15-22(20)30-27(31-26)38-17-19-7-6-10-32(19)3/h5,8-9,18-19H,1,6-7,10-17H2,2-4H3/t18-,19-/m0/s1. The van der Waals surface area contributed by atoms with Crippen molar-refractivity contribution < 1.29 is 14.3 Å². The van der Waals surface area contributed by atoms with Gasteiger partial charge in [0.15, 0.2) is 0 Å². The minimum atomic E-state index is -0.0389. The van der Waals surface area contributed by atoms with E-state index >= 15 is 0 Å². The Kier molecular flexibility index (Phi) is 8.01. The van der Waals surface area contributed by atoms with Crippen LogP contribution in [0.3, 0.4) is 0 Å². The first-order valence-electron chi connectivity index (χ1n) is 13.2. The van der Waals surface area contributed by atoms with Crippen LogP contribution in [0.2, 0.25) is 5.02 Å². The summed E-state index contributed by atoms with van der Waals surface area (Å²) in [4.78, 5) is 35.3. The van der Waals surface area contributed by atoms with E-state index in [2.05, 4.69) is 40.2 Å². The van der Waals surface area contributed by atoms with Crippen LogP contribution >= 0.6 is 11.6 Å². The van der Waals surface area contributed by atoms with E-state index < -0.39 is 0 Å². The maximum absolute atomic E-state index is 12.2. The van der Waals surface area contributed by atoms with Crippen molar-refractivity contribution in [1.82, 2.24) is 29.7 Å². The number of hydrogen-bond donors (Lipinski definition) is 0. The second-order valence-corrected chi connectivity index (χ2v) is 10.7. The van der Waals surface area contributed by atoms with Crippen molar-refractivity contribution in [2.75, 3.05) is 51.8 Å². The molecule has 2 aromatic rings. The molecule has 2 aromatic heterocycles. The van der Waals surface area contributed by atoms with Crippen molar-refractivity contribution in [3.05, 3.63) is 46.8 Å². The number of fused-ring (bicyclic) bond motifs is 1. The Bertz CT molecular complexity index is 1200. The van der Waals surface area contributed by atoms with Crippen molar-refractivity contribution >= 4 is 23.3 Å². The molecule has 0 aromatic carbocycles. The largest absolute Gasteiger partial charge is 0.481 e. The van der Waals surface area contributed by atoms with Crippen LogP contribution in [-0.2, 0) is 24.4 Å². The van der Waals surface area contributed by atoms with Gasteiger partial charge in [0.1, 0.15) is 12.4 Å². The summed E-state index contributed by atoms with van der Waals surface area (Å²) in [6, 6.07) is 4.45. The van der Waals surface area contributed by atoms with Crippen LogP contribution in [-0.4, -0.2) is 94.6 Å². The number of carbonyl (C=O) groups is 1. The quantitative estimate of drug-likeness (QED) is 0.468. The molecule has 0 bridgehead atoms. The molecule has 10 nitrogen and oxygen atoms in total. The molecule has 38 heavy (non-hydrogen) atoms. The number of anilines is 1. The molecule has 0 spiro atoms. The lowest BCUT2D eigenvalue weighted by atomic mass is 10.1. The molecule has 0 saturated carbocycles. The van der Waals surface area contributed by atoms with E-state index in [1.165, 1.54) is 12.5 Å². The van der Waals surface area contributed by atoms with Gasteiger partial charge in [-0.05, 0) is 45.5 Å². The van der Waals surface area contributed by atoms with E-state index in [0.29, 0.717) is 68.8 Å². The van der Waals surface area contributed by atoms with Crippen LogP contribution in [0.15, 0.2) is 24.8 Å². The number of rotatable bonds is 8. The van der Waals surface area contributed by atoms with Gasteiger partial charge in [0.25, 0.3) is 0 Å². The summed E-state index contributed by atoms with van der Waals surface area (Å²) in [6.45, 7) is 11.2. The Labute approximate surface area is 229 Å². The molecule has 2 saturated heterocycles. The first kappa shape index (κ1) is 26.6. The van der Waals surface area contributed by atoms with Gasteiger partial charge in [-0.15, -0.1) is 0 Å². The summed E-state index contributed by atoms with van der Waals surface area (Å²) in [5.74, 6) is 1.38. The molecule has 3 aliphatic rings. The number of ether oxygens (including phenoxy) is 2. The predicted molar refractivity (Wildman–Crippen MR) is 146 cm³/mol. The average molecular weight is 542 g/mol. The summed E-state index contributed by atoms with van der Waals surface area (Å²) in [7, 11) is 3.74. The number of methoxy groups -OCH3 is 1. The maximum atomic E-state index is 12.2. The van der Waals surface area contributed by atoms with Crippen LogP contribution in [0.25, 0.3) is 0 Å². The number of halogens is 1. The highest BCUT2D eigenvalue weighted by molar-refractivity contribution is 6.31. The summed E-state index contributed by atoms with van der Waals surface area (Å²) < 4.78 is 11.5. The monoisotopic (exact) mass is 541 g/mol. The Morgan fingerprint density at radius 2 is 2.05 bits per heavy atom. The van der Waals surface area contributed by atoms with Gasteiger partial charge < -0.3 is 24.2 Å². The Morgan fingerprint density at radius 3 is 2.76 bits per heavy atom. The van der Waals surface area contributed by atoms with Crippen molar-refractivity contribution in [2.45, 2.75) is 51.5 Å². The highest BCUT2D eigenvalue weighted by atomic mass is 35.5. The van der Waals surface area contributed by atoms with E-state index in [-0.39, 0.29) is 11.9 Å². The second-order valence-electron chi connectivity index (χ2n) is 10.3. The van der Waals surface area contributed by atoms with E-state index in [4.69, 9.17) is 31.0 Å². The van der Waals surface area contributed by atoms with Crippen molar-refractivity contribution in [3.8, 4) is 11.9 Å². The number of carbonyl (C=O) groups excluding carboxylic acids is 1. The average Bonchev–Trinajstić information content (AvgIpc) is 3.52. The topological polar surface area (TPSA) is 87.2 Å². The fourth-order valence-electron chi connectivity index (χ4n) is 5.56. The maximum Gasteiger partial charge on any atom is 0.318 e. The number of nitrogens with zero attached hydrogens (tertiary/aromatic N) is 7. The van der Waals surface area contributed by atoms with Gasteiger partial charge in [-0.25, -0.2) is 4.98 Å². The molecule has 204 valence electrons. The smallest absolute Gasteiger partial charge is 0.318 e. The minimum absolute atomic E-state index is 0.0389. The summed E-state index contributed by atoms with van der Waals surface area (Å²) in [6.07, 6.45) is 3.68. The molecule has 0 N–H and O–H groups in total. The molecule has 0 radical (unpaired) electrons. The third-order valence-corrected chi connectivity index (χ3v) is 8.09. The van der Waals surface area contributed by atoms with Crippen molar-refractivity contribution in [3.63, 3.8) is 0 Å². The molecule has 1 amide bonds. The number of likely N-dealkylation sites (tertiary alicyclic amines) is 1. The minimum Gasteiger partial charge on any atom is -0.481 e. The van der Waals surface area contributed by atoms with E-state index in [9.17, 15) is 4.79 Å². The van der Waals surface area contributed by atoms with Gasteiger partial charge >= 0.3 is 6.01 Å². The Hall–Kier alpha value is -2.95. The predicted octanol–water partition coefficient (Wildman–Crippen LogP) is 2.75. The zero-order valence-corrected chi connectivity index (χ0v) is 23.2. The lowest BCUT2D eigenvalue weighted by molar-refractivity contribution is -0.126. The zero-order chi connectivity index (χ0) is 26.8. The van der Waals surface area contributed by atoms with Gasteiger partial charge in [0.05, 0.1) is 23.5 Å². The number of likely N-dealkylation sites (N-methyl/N-ethyl adjacent to an activating group) is 1. The fraction of sp³-hybridized carbons (Fsp3) is 0.556. The van der Waals surface area contributed by atoms with Crippen molar-refractivity contribution in [2.24, 2.45) is 0 Å². The van der Waals surface area contributed by atoms with Crippen LogP contribution in [0, 0.1) is 0 Å². The Balaban J connectivity index is 1.40. The molecule has 2 atom stereocenters. The molecule has 11 heteroatoms. The third-order valence-electron chi connectivity index (χ3n) is 7.74. The molecular weight excluding hydrogens is 506 g/mol. The molecule has 3 aliphatic heterocycles. The van der Waals surface area contributed by atoms with Gasteiger partial charge in [-0.1, -0.05) is 18.2 Å². The van der Waals surface area contributed by atoms with E-state index in [0.717, 1.165) is 35.7 Å². The van der Waals surface area contributed by atoms with Gasteiger partial charge in [0, 0.05) is 63.0 Å². The lowest BCUT2D eigenvalue weighted by Gasteiger charge is -2.40. The lowest BCUT2D eigenvalue weighted by Crippen LogP contribution is -2.54. The molecule has 0 unspecified atom stereocenters. The first-order chi connectivity index (χ1) is 18.4. The SMILES string of the molecule is C=CC(=O)N1CCN(c2nc(OC[C@@H]3CCCN3C)nc3c2CN(Cc2nc(OC)ccc2Cl)C3)[C@@H](C)C1. The molecule has 5 heterocycles. The number of piperazine rings is 1. The van der Waals surface area contributed by atoms with Crippen LogP contribution in [0.1, 0.15) is 36.7 Å². The van der Waals surface area contributed by atoms with Gasteiger partial charge in [0.2, 0.25) is 11.8 Å². The number of aromatic nitrogens is 3. The molecular formula is C27H36ClN7O3. The molecule has 2 fully saturated rings. The third kappa shape index (κ3) is 5.57. The van der Waals surface area contributed by atoms with Crippen LogP contribution in [0.5, 0.6) is 11.9 Å². The fourth-order valence-corrected chi connectivity index (χ4v) is 5.72. The summed E-state index contributed by atoms with van der Waals surface area (Å²) in [5, 5.41) is 0.606. The van der Waals surface area contributed by atoms with Gasteiger partial charge in [-0.2, -0.15) is 9.97 Å². The van der Waals surface area contributed by atoms with Gasteiger partial charge in [-0.3, -0.25) is 9.69 Å². The van der Waals surface area contributed by atoms with Crippen molar-refractivity contribution in [1.29, 1.82) is 0 Å². The Morgan fingerprint density at radius 1 is 1.21 bits per heavy atom. The number of pyridine rings is 1. The normalized spacial score (nSPS) is 22.0. The first-order valence-corrected chi connectivity index (χ1v) is 13.6. The molecule has 0 aliphatic carbocycles. The number of amides is 1. The zero-order valence-electron chi connectivity index (χ0n) is 22.4. The van der Waals surface area contributed by atoms with Crippen LogP contribution in [0.4, 0.5) is 5.82 Å². The highest BCUT2D eigenvalue weighted by Gasteiger charge is 2.33. The summed E-state index contributed by atoms with van der Waals surface area (Å²) in [5.41, 5.74) is 2.81. The summed E-state index contributed by atoms with van der Waals surface area (Å²) >= 11 is 6.46. The van der Waals surface area contributed by atoms with E-state index in [1.807, 2.05) is 11.0 Å². The van der Waals surface area contributed by atoms with E-state index in [1.54, 1.807) is 13.2 Å². The van der Waals surface area contributed by atoms with Crippen LogP contribution < -0.4 is 14.4 Å². The number of hydrogen-bond acceptors (Lipinski definition) is 9.